The summed E-state index contributed by atoms with van der Waals surface area (Å²) in [5.41, 5.74) is 23.6. The molecule has 0 spiro atoms. The Kier molecular flexibility index (Phi) is 5.55. The molecule has 0 aromatic heterocycles. The molecule has 0 radical (unpaired) electrons. The highest BCUT2D eigenvalue weighted by Gasteiger charge is 2.44. The quantitative estimate of drug-likeness (QED) is 0.329. The first-order chi connectivity index (χ1) is 9.81. The Hall–Kier alpha value is -0.320. The lowest BCUT2D eigenvalue weighted by molar-refractivity contribution is -0.255. The van der Waals surface area contributed by atoms with Crippen LogP contribution in [0.15, 0.2) is 0 Å². The normalized spacial score (nSPS) is 49.9. The number of hydrogen-bond acceptors (Lipinski definition) is 8. The smallest absolute Gasteiger partial charge is 0.173 e. The van der Waals surface area contributed by atoms with Gasteiger partial charge in [-0.05, 0) is 26.2 Å². The second kappa shape index (κ2) is 6.84. The fourth-order valence-electron chi connectivity index (χ4n) is 2.98. The molecule has 0 aromatic rings. The SMILES string of the molecule is C[C@H](N)[C@@H]1CC[C@@H](N)[C@@H](O[C@H]2[C@@H](O)[C@@H](O)[C@H](N)C[C@@H]2N)O1. The molecule has 1 heterocycles. The van der Waals surface area contributed by atoms with E-state index in [0.717, 1.165) is 12.8 Å². The molecule has 1 saturated heterocycles. The molecule has 1 aliphatic carbocycles. The molecule has 0 amide bonds. The lowest BCUT2D eigenvalue weighted by Crippen LogP contribution is -2.64. The highest BCUT2D eigenvalue weighted by Crippen LogP contribution is 2.27. The van der Waals surface area contributed by atoms with Crippen molar-refractivity contribution in [2.24, 2.45) is 22.9 Å². The van der Waals surface area contributed by atoms with Gasteiger partial charge in [-0.1, -0.05) is 0 Å². The summed E-state index contributed by atoms with van der Waals surface area (Å²) in [4.78, 5) is 0. The summed E-state index contributed by atoms with van der Waals surface area (Å²) >= 11 is 0. The van der Waals surface area contributed by atoms with Gasteiger partial charge in [0.25, 0.3) is 0 Å². The van der Waals surface area contributed by atoms with Crippen molar-refractivity contribution in [3.63, 3.8) is 0 Å². The van der Waals surface area contributed by atoms with Gasteiger partial charge in [0.2, 0.25) is 0 Å². The van der Waals surface area contributed by atoms with Crippen molar-refractivity contribution in [3.05, 3.63) is 0 Å². The zero-order valence-electron chi connectivity index (χ0n) is 12.3. The molecular formula is C13H28N4O4. The summed E-state index contributed by atoms with van der Waals surface area (Å²) in [7, 11) is 0. The van der Waals surface area contributed by atoms with Gasteiger partial charge in [0.15, 0.2) is 6.29 Å². The highest BCUT2D eigenvalue weighted by molar-refractivity contribution is 4.98. The van der Waals surface area contributed by atoms with E-state index in [-0.39, 0.29) is 18.2 Å². The van der Waals surface area contributed by atoms with Crippen LogP contribution in [-0.2, 0) is 9.47 Å². The van der Waals surface area contributed by atoms with E-state index in [1.807, 2.05) is 6.92 Å². The van der Waals surface area contributed by atoms with Crippen molar-refractivity contribution in [1.82, 2.24) is 0 Å². The largest absolute Gasteiger partial charge is 0.389 e. The van der Waals surface area contributed by atoms with Crippen LogP contribution in [0.4, 0.5) is 0 Å². The van der Waals surface area contributed by atoms with Gasteiger partial charge in [-0.3, -0.25) is 0 Å². The third kappa shape index (κ3) is 3.72. The molecule has 0 unspecified atom stereocenters. The first-order valence-electron chi connectivity index (χ1n) is 7.50. The molecule has 8 nitrogen and oxygen atoms in total. The number of nitrogens with two attached hydrogens (primary N) is 4. The van der Waals surface area contributed by atoms with Gasteiger partial charge in [-0.25, -0.2) is 0 Å². The minimum Gasteiger partial charge on any atom is -0.389 e. The van der Waals surface area contributed by atoms with Gasteiger partial charge < -0.3 is 42.6 Å². The summed E-state index contributed by atoms with van der Waals surface area (Å²) in [6, 6.07) is -1.49. The van der Waals surface area contributed by atoms with Gasteiger partial charge in [0.05, 0.1) is 18.2 Å². The second-order valence-corrected chi connectivity index (χ2v) is 6.29. The van der Waals surface area contributed by atoms with E-state index in [9.17, 15) is 10.2 Å². The van der Waals surface area contributed by atoms with Crippen molar-refractivity contribution < 1.29 is 19.7 Å². The summed E-state index contributed by atoms with van der Waals surface area (Å²) in [5, 5.41) is 20.0. The summed E-state index contributed by atoms with van der Waals surface area (Å²) in [6.07, 6.45) is -1.97. The Bertz CT molecular complexity index is 346. The molecule has 0 aromatic carbocycles. The van der Waals surface area contributed by atoms with Crippen LogP contribution in [0.2, 0.25) is 0 Å². The fraction of sp³-hybridized carbons (Fsp3) is 1.00. The molecule has 8 heteroatoms. The fourth-order valence-corrected chi connectivity index (χ4v) is 2.98. The topological polar surface area (TPSA) is 163 Å². The number of ether oxygens (including phenoxy) is 2. The maximum absolute atomic E-state index is 10.1. The van der Waals surface area contributed by atoms with Crippen molar-refractivity contribution in [1.29, 1.82) is 0 Å². The number of rotatable bonds is 3. The Morgan fingerprint density at radius 1 is 1.05 bits per heavy atom. The van der Waals surface area contributed by atoms with Crippen molar-refractivity contribution >= 4 is 0 Å². The zero-order valence-corrected chi connectivity index (χ0v) is 12.3. The average molecular weight is 304 g/mol. The number of hydrogen-bond donors (Lipinski definition) is 6. The van der Waals surface area contributed by atoms with Crippen molar-refractivity contribution in [2.75, 3.05) is 0 Å². The Balaban J connectivity index is 2.01. The molecule has 1 saturated carbocycles. The van der Waals surface area contributed by atoms with Crippen LogP contribution < -0.4 is 22.9 Å². The molecule has 2 aliphatic rings. The average Bonchev–Trinajstić information content (AvgIpc) is 2.42. The third-order valence-corrected chi connectivity index (χ3v) is 4.41. The summed E-state index contributed by atoms with van der Waals surface area (Å²) in [6.45, 7) is 1.86. The molecule has 9 atom stereocenters. The van der Waals surface area contributed by atoms with E-state index in [0.29, 0.717) is 6.42 Å². The molecule has 2 rings (SSSR count). The van der Waals surface area contributed by atoms with E-state index in [2.05, 4.69) is 0 Å². The molecule has 21 heavy (non-hydrogen) atoms. The molecule has 1 aliphatic heterocycles. The summed E-state index contributed by atoms with van der Waals surface area (Å²) < 4.78 is 11.5. The monoisotopic (exact) mass is 304 g/mol. The van der Waals surface area contributed by atoms with Gasteiger partial charge in [-0.15, -0.1) is 0 Å². The van der Waals surface area contributed by atoms with E-state index in [4.69, 9.17) is 32.4 Å². The number of aliphatic hydroxyl groups is 2. The molecule has 124 valence electrons. The van der Waals surface area contributed by atoms with Crippen molar-refractivity contribution in [2.45, 2.75) is 81.1 Å². The Morgan fingerprint density at radius 3 is 2.33 bits per heavy atom. The molecule has 10 N–H and O–H groups in total. The second-order valence-electron chi connectivity index (χ2n) is 6.29. The van der Waals surface area contributed by atoms with E-state index in [1.54, 1.807) is 0 Å². The van der Waals surface area contributed by atoms with Gasteiger partial charge >= 0.3 is 0 Å². The molecule has 0 bridgehead atoms. The van der Waals surface area contributed by atoms with Crippen LogP contribution in [0.25, 0.3) is 0 Å². The third-order valence-electron chi connectivity index (χ3n) is 4.41. The first kappa shape index (κ1) is 17.0. The van der Waals surface area contributed by atoms with Gasteiger partial charge in [0, 0.05) is 18.1 Å². The Morgan fingerprint density at radius 2 is 1.71 bits per heavy atom. The van der Waals surface area contributed by atoms with Crippen LogP contribution in [0, 0.1) is 0 Å². The van der Waals surface area contributed by atoms with Gasteiger partial charge in [0.1, 0.15) is 12.2 Å². The zero-order chi connectivity index (χ0) is 15.7. The minimum atomic E-state index is -1.16. The van der Waals surface area contributed by atoms with Gasteiger partial charge in [-0.2, -0.15) is 0 Å². The van der Waals surface area contributed by atoms with E-state index in [1.165, 1.54) is 0 Å². The number of aliphatic hydroxyl groups excluding tert-OH is 2. The van der Waals surface area contributed by atoms with E-state index < -0.39 is 36.7 Å². The molecular weight excluding hydrogens is 276 g/mol. The highest BCUT2D eigenvalue weighted by atomic mass is 16.7. The van der Waals surface area contributed by atoms with E-state index >= 15 is 0 Å². The standard InChI is InChI=1S/C13H28N4O4/c1-5(14)9-3-2-6(15)13(20-9)21-12-8(17)4-7(16)10(18)11(12)19/h5-13,18-19H,2-4,14-17H2,1H3/t5-,6+,7+,8-,9-,10-,11-,12+,13+/m0/s1. The van der Waals surface area contributed by atoms with Crippen molar-refractivity contribution in [3.8, 4) is 0 Å². The maximum Gasteiger partial charge on any atom is 0.173 e. The lowest BCUT2D eigenvalue weighted by atomic mass is 9.84. The van der Waals surface area contributed by atoms with Crippen LogP contribution in [0.5, 0.6) is 0 Å². The predicted molar refractivity (Wildman–Crippen MR) is 77.0 cm³/mol. The first-order valence-corrected chi connectivity index (χ1v) is 7.50. The maximum atomic E-state index is 10.1. The minimum absolute atomic E-state index is 0.132. The molecule has 2 fully saturated rings. The Labute approximate surface area is 124 Å². The summed E-state index contributed by atoms with van der Waals surface area (Å²) in [5.74, 6) is 0. The lowest BCUT2D eigenvalue weighted by Gasteiger charge is -2.44. The van der Waals surface area contributed by atoms with Crippen LogP contribution in [0.3, 0.4) is 0 Å². The van der Waals surface area contributed by atoms with Crippen LogP contribution >= 0.6 is 0 Å². The van der Waals surface area contributed by atoms with Crippen LogP contribution in [-0.4, -0.2) is 65.1 Å². The van der Waals surface area contributed by atoms with Crippen LogP contribution in [0.1, 0.15) is 26.2 Å². The predicted octanol–water partition coefficient (Wildman–Crippen LogP) is -2.67.